The molecule has 0 fully saturated rings. The fraction of sp³-hybridized carbons (Fsp3) is 0.182. The van der Waals surface area contributed by atoms with Crippen molar-refractivity contribution in [2.24, 2.45) is 0 Å². The highest BCUT2D eigenvalue weighted by Gasteiger charge is 2.17. The number of halogens is 2. The maximum atomic E-state index is 13.4. The van der Waals surface area contributed by atoms with Gasteiger partial charge in [0.1, 0.15) is 5.82 Å². The number of nitrogens with one attached hydrogen (secondary N) is 1. The number of nitrogens with zero attached hydrogens (tertiary/aromatic N) is 1. The molecule has 0 saturated heterocycles. The SMILES string of the molecule is CC(c1ncc[nH]1)c1cccc(F)c1F. The van der Waals surface area contributed by atoms with Crippen LogP contribution in [-0.4, -0.2) is 9.97 Å². The Kier molecular flexibility index (Phi) is 2.49. The fourth-order valence-electron chi connectivity index (χ4n) is 1.52. The minimum Gasteiger partial charge on any atom is -0.348 e. The summed E-state index contributed by atoms with van der Waals surface area (Å²) in [7, 11) is 0. The highest BCUT2D eigenvalue weighted by Crippen LogP contribution is 2.24. The molecule has 0 aliphatic heterocycles. The molecule has 1 unspecified atom stereocenters. The van der Waals surface area contributed by atoms with E-state index in [4.69, 9.17) is 0 Å². The molecule has 1 atom stereocenters. The van der Waals surface area contributed by atoms with E-state index in [2.05, 4.69) is 9.97 Å². The van der Waals surface area contributed by atoms with Gasteiger partial charge < -0.3 is 4.98 Å². The Bertz CT molecular complexity index is 452. The van der Waals surface area contributed by atoms with Crippen molar-refractivity contribution in [3.63, 3.8) is 0 Å². The molecule has 1 aromatic carbocycles. The third-order valence-electron chi connectivity index (χ3n) is 2.38. The molecule has 2 rings (SSSR count). The van der Waals surface area contributed by atoms with Gasteiger partial charge in [-0.15, -0.1) is 0 Å². The van der Waals surface area contributed by atoms with Crippen molar-refractivity contribution in [3.8, 4) is 0 Å². The number of benzene rings is 1. The van der Waals surface area contributed by atoms with Gasteiger partial charge in [-0.2, -0.15) is 0 Å². The Morgan fingerprint density at radius 3 is 2.80 bits per heavy atom. The molecule has 2 nitrogen and oxygen atoms in total. The molecule has 0 bridgehead atoms. The Balaban J connectivity index is 2.42. The Morgan fingerprint density at radius 1 is 1.33 bits per heavy atom. The van der Waals surface area contributed by atoms with Crippen molar-refractivity contribution in [2.45, 2.75) is 12.8 Å². The molecule has 0 radical (unpaired) electrons. The number of aromatic nitrogens is 2. The Labute approximate surface area is 86.0 Å². The van der Waals surface area contributed by atoms with Gasteiger partial charge >= 0.3 is 0 Å². The van der Waals surface area contributed by atoms with Crippen LogP contribution in [0.1, 0.15) is 24.2 Å². The summed E-state index contributed by atoms with van der Waals surface area (Å²) in [6, 6.07) is 4.16. The molecule has 0 aliphatic rings. The summed E-state index contributed by atoms with van der Waals surface area (Å²) >= 11 is 0. The molecular weight excluding hydrogens is 198 g/mol. The summed E-state index contributed by atoms with van der Waals surface area (Å²) in [4.78, 5) is 6.90. The Hall–Kier alpha value is -1.71. The zero-order chi connectivity index (χ0) is 10.8. The van der Waals surface area contributed by atoms with Gasteiger partial charge in [-0.25, -0.2) is 13.8 Å². The van der Waals surface area contributed by atoms with Crippen molar-refractivity contribution < 1.29 is 8.78 Å². The van der Waals surface area contributed by atoms with Crippen molar-refractivity contribution in [1.29, 1.82) is 0 Å². The van der Waals surface area contributed by atoms with Crippen molar-refractivity contribution in [1.82, 2.24) is 9.97 Å². The highest BCUT2D eigenvalue weighted by atomic mass is 19.2. The predicted molar refractivity (Wildman–Crippen MR) is 52.5 cm³/mol. The van der Waals surface area contributed by atoms with E-state index < -0.39 is 11.6 Å². The van der Waals surface area contributed by atoms with Gasteiger partial charge in [0.05, 0.1) is 0 Å². The summed E-state index contributed by atoms with van der Waals surface area (Å²) in [5.74, 6) is -1.29. The molecule has 0 saturated carbocycles. The first-order valence-corrected chi connectivity index (χ1v) is 4.63. The first kappa shape index (κ1) is 9.83. The minimum atomic E-state index is -0.828. The van der Waals surface area contributed by atoms with Crippen molar-refractivity contribution >= 4 is 0 Å². The zero-order valence-electron chi connectivity index (χ0n) is 8.17. The molecule has 0 amide bonds. The van der Waals surface area contributed by atoms with Gasteiger partial charge in [0, 0.05) is 23.9 Å². The smallest absolute Gasteiger partial charge is 0.162 e. The molecule has 1 N–H and O–H groups in total. The van der Waals surface area contributed by atoms with Crippen LogP contribution in [0.3, 0.4) is 0 Å². The van der Waals surface area contributed by atoms with E-state index in [1.165, 1.54) is 6.07 Å². The van der Waals surface area contributed by atoms with Gasteiger partial charge in [0.2, 0.25) is 0 Å². The molecule has 0 spiro atoms. The second kappa shape index (κ2) is 3.81. The maximum absolute atomic E-state index is 13.4. The number of hydrogen-bond acceptors (Lipinski definition) is 1. The van der Waals surface area contributed by atoms with Crippen LogP contribution in [0.2, 0.25) is 0 Å². The first-order valence-electron chi connectivity index (χ1n) is 4.63. The van der Waals surface area contributed by atoms with Crippen LogP contribution in [0, 0.1) is 11.6 Å². The first-order chi connectivity index (χ1) is 7.20. The monoisotopic (exact) mass is 208 g/mol. The lowest BCUT2D eigenvalue weighted by atomic mass is 10.00. The second-order valence-electron chi connectivity index (χ2n) is 3.34. The third kappa shape index (κ3) is 1.75. The highest BCUT2D eigenvalue weighted by molar-refractivity contribution is 5.27. The quantitative estimate of drug-likeness (QED) is 0.807. The van der Waals surface area contributed by atoms with E-state index in [-0.39, 0.29) is 5.92 Å². The summed E-state index contributed by atoms with van der Waals surface area (Å²) in [5.41, 5.74) is 0.310. The molecule has 0 aliphatic carbocycles. The minimum absolute atomic E-state index is 0.282. The lowest BCUT2D eigenvalue weighted by Gasteiger charge is -2.10. The molecule has 1 aromatic heterocycles. The average Bonchev–Trinajstić information content (AvgIpc) is 2.74. The van der Waals surface area contributed by atoms with Crippen LogP contribution in [0.4, 0.5) is 8.78 Å². The van der Waals surface area contributed by atoms with E-state index in [0.29, 0.717) is 11.4 Å². The molecule has 1 heterocycles. The second-order valence-corrected chi connectivity index (χ2v) is 3.34. The average molecular weight is 208 g/mol. The van der Waals surface area contributed by atoms with Crippen LogP contribution in [0.15, 0.2) is 30.6 Å². The van der Waals surface area contributed by atoms with E-state index in [1.54, 1.807) is 25.4 Å². The van der Waals surface area contributed by atoms with Crippen LogP contribution >= 0.6 is 0 Å². The van der Waals surface area contributed by atoms with Gasteiger partial charge in [0.15, 0.2) is 11.6 Å². The van der Waals surface area contributed by atoms with Crippen LogP contribution in [0.25, 0.3) is 0 Å². The molecule has 78 valence electrons. The molecular formula is C11H10F2N2. The standard InChI is InChI=1S/C11H10F2N2/c1-7(11-14-5-6-15-11)8-3-2-4-9(12)10(8)13/h2-7H,1H3,(H,14,15). The predicted octanol–water partition coefficient (Wildman–Crippen LogP) is 2.84. The van der Waals surface area contributed by atoms with E-state index in [0.717, 1.165) is 6.07 Å². The van der Waals surface area contributed by atoms with Crippen LogP contribution in [0.5, 0.6) is 0 Å². The van der Waals surface area contributed by atoms with E-state index in [1.807, 2.05) is 0 Å². The summed E-state index contributed by atoms with van der Waals surface area (Å²) in [6.45, 7) is 1.77. The van der Waals surface area contributed by atoms with Crippen molar-refractivity contribution in [3.05, 3.63) is 53.6 Å². The van der Waals surface area contributed by atoms with Gasteiger partial charge in [-0.05, 0) is 6.07 Å². The molecule has 15 heavy (non-hydrogen) atoms. The normalized spacial score (nSPS) is 12.7. The third-order valence-corrected chi connectivity index (χ3v) is 2.38. The van der Waals surface area contributed by atoms with Gasteiger partial charge in [-0.1, -0.05) is 19.1 Å². The summed E-state index contributed by atoms with van der Waals surface area (Å²) in [6.07, 6.45) is 3.24. The van der Waals surface area contributed by atoms with Crippen LogP contribution in [-0.2, 0) is 0 Å². The molecule has 4 heteroatoms. The van der Waals surface area contributed by atoms with Crippen molar-refractivity contribution in [2.75, 3.05) is 0 Å². The van der Waals surface area contributed by atoms with Gasteiger partial charge in [0.25, 0.3) is 0 Å². The maximum Gasteiger partial charge on any atom is 0.162 e. The van der Waals surface area contributed by atoms with E-state index in [9.17, 15) is 8.78 Å². The molecule has 2 aromatic rings. The lowest BCUT2D eigenvalue weighted by Crippen LogP contribution is -2.02. The Morgan fingerprint density at radius 2 is 2.13 bits per heavy atom. The number of H-pyrrole nitrogens is 1. The number of imidazole rings is 1. The number of hydrogen-bond donors (Lipinski definition) is 1. The largest absolute Gasteiger partial charge is 0.348 e. The zero-order valence-corrected chi connectivity index (χ0v) is 8.17. The summed E-state index contributed by atoms with van der Waals surface area (Å²) in [5, 5.41) is 0. The van der Waals surface area contributed by atoms with E-state index >= 15 is 0 Å². The number of aromatic amines is 1. The lowest BCUT2D eigenvalue weighted by molar-refractivity contribution is 0.494. The van der Waals surface area contributed by atoms with Gasteiger partial charge in [-0.3, -0.25) is 0 Å². The fourth-order valence-corrected chi connectivity index (χ4v) is 1.52. The summed E-state index contributed by atoms with van der Waals surface area (Å²) < 4.78 is 26.4. The topological polar surface area (TPSA) is 28.7 Å². The van der Waals surface area contributed by atoms with Crippen LogP contribution < -0.4 is 0 Å². The number of rotatable bonds is 2.